The fourth-order valence-corrected chi connectivity index (χ4v) is 3.73. The SMILES string of the molecule is CCOc1ccc(C2C3=C(CC(C)CC3=O)Nc3nc(C)nn32)cc1. The number of carbonyl (C=O) groups is 1. The molecule has 1 aliphatic heterocycles. The Hall–Kier alpha value is -2.63. The van der Waals surface area contributed by atoms with Gasteiger partial charge in [0, 0.05) is 17.7 Å². The first-order valence-electron chi connectivity index (χ1n) is 8.76. The van der Waals surface area contributed by atoms with Crippen LogP contribution in [0.15, 0.2) is 35.5 Å². The van der Waals surface area contributed by atoms with E-state index in [0.29, 0.717) is 30.7 Å². The molecule has 6 nitrogen and oxygen atoms in total. The van der Waals surface area contributed by atoms with Crippen molar-refractivity contribution < 1.29 is 9.53 Å². The van der Waals surface area contributed by atoms with Crippen molar-refractivity contribution >= 4 is 11.7 Å². The number of nitrogens with one attached hydrogen (secondary N) is 1. The lowest BCUT2D eigenvalue weighted by atomic mass is 9.81. The van der Waals surface area contributed by atoms with Gasteiger partial charge in [-0.15, -0.1) is 0 Å². The number of hydrogen-bond acceptors (Lipinski definition) is 5. The molecule has 2 atom stereocenters. The lowest BCUT2D eigenvalue weighted by Crippen LogP contribution is -2.33. The van der Waals surface area contributed by atoms with Gasteiger partial charge in [0.05, 0.1) is 6.61 Å². The van der Waals surface area contributed by atoms with Gasteiger partial charge in [-0.05, 0) is 43.9 Å². The van der Waals surface area contributed by atoms with Gasteiger partial charge in [-0.2, -0.15) is 10.1 Å². The van der Waals surface area contributed by atoms with E-state index in [-0.39, 0.29) is 11.8 Å². The third-order valence-electron chi connectivity index (χ3n) is 4.74. The van der Waals surface area contributed by atoms with Gasteiger partial charge >= 0.3 is 0 Å². The number of ether oxygens (including phenoxy) is 1. The van der Waals surface area contributed by atoms with Crippen molar-refractivity contribution in [2.45, 2.75) is 39.7 Å². The number of hydrogen-bond donors (Lipinski definition) is 1. The molecule has 25 heavy (non-hydrogen) atoms. The number of rotatable bonds is 3. The van der Waals surface area contributed by atoms with E-state index in [4.69, 9.17) is 4.74 Å². The van der Waals surface area contributed by atoms with Crippen molar-refractivity contribution in [1.29, 1.82) is 0 Å². The van der Waals surface area contributed by atoms with Crippen molar-refractivity contribution in [3.63, 3.8) is 0 Å². The fraction of sp³-hybridized carbons (Fsp3) is 0.421. The molecule has 1 aliphatic carbocycles. The molecule has 4 rings (SSSR count). The topological polar surface area (TPSA) is 69.0 Å². The normalized spacial score (nSPS) is 22.3. The molecule has 0 amide bonds. The summed E-state index contributed by atoms with van der Waals surface area (Å²) in [7, 11) is 0. The van der Waals surface area contributed by atoms with Crippen molar-refractivity contribution in [1.82, 2.24) is 14.8 Å². The van der Waals surface area contributed by atoms with Crippen LogP contribution in [0, 0.1) is 12.8 Å². The summed E-state index contributed by atoms with van der Waals surface area (Å²) < 4.78 is 7.37. The summed E-state index contributed by atoms with van der Waals surface area (Å²) in [6.45, 7) is 6.57. The minimum Gasteiger partial charge on any atom is -0.494 e. The summed E-state index contributed by atoms with van der Waals surface area (Å²) in [5, 5.41) is 7.87. The Morgan fingerprint density at radius 2 is 2.04 bits per heavy atom. The first-order chi connectivity index (χ1) is 12.1. The smallest absolute Gasteiger partial charge is 0.226 e. The zero-order valence-electron chi connectivity index (χ0n) is 14.7. The van der Waals surface area contributed by atoms with Crippen molar-refractivity contribution in [3.8, 4) is 5.75 Å². The van der Waals surface area contributed by atoms with Crippen LogP contribution in [0.4, 0.5) is 5.95 Å². The van der Waals surface area contributed by atoms with Crippen LogP contribution in [-0.4, -0.2) is 27.2 Å². The predicted molar refractivity (Wildman–Crippen MR) is 94.6 cm³/mol. The van der Waals surface area contributed by atoms with E-state index in [1.807, 2.05) is 42.8 Å². The van der Waals surface area contributed by atoms with E-state index in [1.54, 1.807) is 0 Å². The monoisotopic (exact) mass is 338 g/mol. The first kappa shape index (κ1) is 15.9. The van der Waals surface area contributed by atoms with E-state index < -0.39 is 0 Å². The molecule has 0 spiro atoms. The molecule has 130 valence electrons. The van der Waals surface area contributed by atoms with Gasteiger partial charge in [0.2, 0.25) is 5.95 Å². The highest BCUT2D eigenvalue weighted by atomic mass is 16.5. The largest absolute Gasteiger partial charge is 0.494 e. The van der Waals surface area contributed by atoms with Crippen LogP contribution in [0.25, 0.3) is 0 Å². The molecule has 0 fully saturated rings. The Morgan fingerprint density at radius 1 is 1.28 bits per heavy atom. The minimum atomic E-state index is -0.233. The van der Waals surface area contributed by atoms with Gasteiger partial charge in [-0.1, -0.05) is 19.1 Å². The Morgan fingerprint density at radius 3 is 2.76 bits per heavy atom. The van der Waals surface area contributed by atoms with Crippen LogP contribution in [0.1, 0.15) is 44.1 Å². The van der Waals surface area contributed by atoms with E-state index in [9.17, 15) is 4.79 Å². The summed E-state index contributed by atoms with van der Waals surface area (Å²) in [5.41, 5.74) is 2.83. The standard InChI is InChI=1S/C19H22N4O2/c1-4-25-14-7-5-13(6-8-14)18-17-15(9-11(2)10-16(17)24)21-19-20-12(3)22-23(18)19/h5-8,11,18H,4,9-10H2,1-3H3,(H,20,21,22). The summed E-state index contributed by atoms with van der Waals surface area (Å²) in [6.07, 6.45) is 1.44. The van der Waals surface area contributed by atoms with Gasteiger partial charge in [-0.3, -0.25) is 4.79 Å². The molecule has 1 aromatic carbocycles. The molecule has 1 aromatic heterocycles. The zero-order chi connectivity index (χ0) is 17.6. The quantitative estimate of drug-likeness (QED) is 0.930. The summed E-state index contributed by atoms with van der Waals surface area (Å²) in [4.78, 5) is 17.3. The first-order valence-corrected chi connectivity index (χ1v) is 8.76. The average molecular weight is 338 g/mol. The minimum absolute atomic E-state index is 0.193. The Kier molecular flexibility index (Phi) is 3.82. The summed E-state index contributed by atoms with van der Waals surface area (Å²) in [5.74, 6) is 2.76. The van der Waals surface area contributed by atoms with Crippen LogP contribution < -0.4 is 10.1 Å². The number of fused-ring (bicyclic) bond motifs is 1. The summed E-state index contributed by atoms with van der Waals surface area (Å²) >= 11 is 0. The van der Waals surface area contributed by atoms with Gasteiger partial charge in [0.15, 0.2) is 5.78 Å². The number of carbonyl (C=O) groups excluding carboxylic acids is 1. The van der Waals surface area contributed by atoms with E-state index in [0.717, 1.165) is 29.0 Å². The van der Waals surface area contributed by atoms with E-state index >= 15 is 0 Å². The van der Waals surface area contributed by atoms with Crippen LogP contribution in [0.3, 0.4) is 0 Å². The molecule has 2 unspecified atom stereocenters. The number of benzene rings is 1. The van der Waals surface area contributed by atoms with Gasteiger partial charge in [0.25, 0.3) is 0 Å². The highest BCUT2D eigenvalue weighted by molar-refractivity contribution is 5.99. The lowest BCUT2D eigenvalue weighted by Gasteiger charge is -2.34. The number of aryl methyl sites for hydroxylation is 1. The number of allylic oxidation sites excluding steroid dienone is 2. The van der Waals surface area contributed by atoms with Gasteiger partial charge < -0.3 is 10.1 Å². The molecule has 0 radical (unpaired) electrons. The number of aromatic nitrogens is 3. The molecular weight excluding hydrogens is 316 g/mol. The molecule has 0 saturated heterocycles. The Labute approximate surface area is 146 Å². The fourth-order valence-electron chi connectivity index (χ4n) is 3.73. The third-order valence-corrected chi connectivity index (χ3v) is 4.74. The molecule has 0 bridgehead atoms. The lowest BCUT2D eigenvalue weighted by molar-refractivity contribution is -0.117. The van der Waals surface area contributed by atoms with E-state index in [2.05, 4.69) is 22.3 Å². The second kappa shape index (κ2) is 6.02. The van der Waals surface area contributed by atoms with Crippen molar-refractivity contribution in [3.05, 3.63) is 46.9 Å². The van der Waals surface area contributed by atoms with Crippen LogP contribution in [-0.2, 0) is 4.79 Å². The second-order valence-electron chi connectivity index (χ2n) is 6.79. The molecular formula is C19H22N4O2. The van der Waals surface area contributed by atoms with Gasteiger partial charge in [0.1, 0.15) is 17.6 Å². The maximum Gasteiger partial charge on any atom is 0.226 e. The molecule has 2 aliphatic rings. The van der Waals surface area contributed by atoms with Crippen LogP contribution >= 0.6 is 0 Å². The highest BCUT2D eigenvalue weighted by Gasteiger charge is 2.38. The van der Waals surface area contributed by atoms with Crippen LogP contribution in [0.2, 0.25) is 0 Å². The average Bonchev–Trinajstić information content (AvgIpc) is 2.93. The Balaban J connectivity index is 1.83. The van der Waals surface area contributed by atoms with Gasteiger partial charge in [-0.25, -0.2) is 4.68 Å². The third kappa shape index (κ3) is 2.71. The van der Waals surface area contributed by atoms with Crippen molar-refractivity contribution in [2.24, 2.45) is 5.92 Å². The zero-order valence-corrected chi connectivity index (χ0v) is 14.7. The Bertz CT molecular complexity index is 851. The molecule has 6 heteroatoms. The number of anilines is 1. The predicted octanol–water partition coefficient (Wildman–Crippen LogP) is 3.25. The van der Waals surface area contributed by atoms with Crippen molar-refractivity contribution in [2.75, 3.05) is 11.9 Å². The highest BCUT2D eigenvalue weighted by Crippen LogP contribution is 2.41. The molecule has 2 aromatic rings. The maximum absolute atomic E-state index is 12.8. The van der Waals surface area contributed by atoms with E-state index in [1.165, 1.54) is 0 Å². The number of Topliss-reactive ketones (excluding diaryl/α,β-unsaturated/α-hetero) is 1. The molecule has 2 heterocycles. The second-order valence-corrected chi connectivity index (χ2v) is 6.79. The molecule has 1 N–H and O–H groups in total. The maximum atomic E-state index is 12.8. The summed E-state index contributed by atoms with van der Waals surface area (Å²) in [6, 6.07) is 7.68. The number of ketones is 1. The molecule has 0 saturated carbocycles. The number of nitrogens with zero attached hydrogens (tertiary/aromatic N) is 3. The van der Waals surface area contributed by atoms with Crippen LogP contribution in [0.5, 0.6) is 5.75 Å².